The van der Waals surface area contributed by atoms with E-state index < -0.39 is 7.12 Å². The normalized spacial score (nSPS) is 11.5. The van der Waals surface area contributed by atoms with Gasteiger partial charge in [0.05, 0.1) is 0 Å². The topological polar surface area (TPSA) is 23.8 Å². The van der Waals surface area contributed by atoms with Crippen LogP contribution in [0.1, 0.15) is 0 Å². The highest BCUT2D eigenvalue weighted by Gasteiger charge is 2.13. The summed E-state index contributed by atoms with van der Waals surface area (Å²) in [5, 5.41) is 8.03. The maximum Gasteiger partial charge on any atom is 0.430 e. The van der Waals surface area contributed by atoms with E-state index in [2.05, 4.69) is 0 Å². The summed E-state index contributed by atoms with van der Waals surface area (Å²) < 4.78 is 12.3. The molecule has 0 aromatic rings. The Morgan fingerprint density at radius 1 is 1.50 bits per heavy atom. The Balaban J connectivity index is 3.87. The van der Waals surface area contributed by atoms with Crippen LogP contribution in [0.4, 0.5) is 4.32 Å². The van der Waals surface area contributed by atoms with Crippen molar-refractivity contribution in [1.82, 2.24) is 0 Å². The Bertz CT molecular complexity index is 112. The molecule has 0 atom stereocenters. The van der Waals surface area contributed by atoms with E-state index in [9.17, 15) is 4.32 Å². The smallest absolute Gasteiger partial charge is 0.430 e. The minimum absolute atomic E-state index is 0.0521. The fourth-order valence-electron chi connectivity index (χ4n) is 0.173. The van der Waals surface area contributed by atoms with E-state index in [0.29, 0.717) is 0 Å². The van der Waals surface area contributed by atoms with E-state index in [1.54, 1.807) is 21.1 Å². The molecule has 0 N–H and O–H groups in total. The summed E-state index contributed by atoms with van der Waals surface area (Å²) in [4.78, 5) is 0. The van der Waals surface area contributed by atoms with Gasteiger partial charge in [0.1, 0.15) is 0 Å². The first-order chi connectivity index (χ1) is 3.48. The molecule has 4 heteroatoms. The van der Waals surface area contributed by atoms with Crippen LogP contribution in [-0.4, -0.2) is 32.7 Å². The van der Waals surface area contributed by atoms with Gasteiger partial charge in [-0.05, 0) is 0 Å². The fraction of sp³-hybridized carbons (Fsp3) is 0.750. The molecule has 0 spiro atoms. The molecule has 0 heterocycles. The van der Waals surface area contributed by atoms with Crippen molar-refractivity contribution in [2.45, 2.75) is 0 Å². The molecule has 45 valence electrons. The van der Waals surface area contributed by atoms with Crippen LogP contribution in [0, 0.1) is 11.2 Å². The lowest BCUT2D eigenvalue weighted by Crippen LogP contribution is -2.45. The van der Waals surface area contributed by atoms with Crippen LogP contribution in [0.3, 0.4) is 0 Å². The largest absolute Gasteiger partial charge is 0.503 e. The zero-order valence-electron chi connectivity index (χ0n) is 5.35. The van der Waals surface area contributed by atoms with Crippen molar-refractivity contribution in [2.24, 2.45) is 0 Å². The zero-order chi connectivity index (χ0) is 6.78. The first-order valence-electron chi connectivity index (χ1n) is 2.33. The van der Waals surface area contributed by atoms with Gasteiger partial charge in [-0.3, -0.25) is 0 Å². The van der Waals surface area contributed by atoms with Gasteiger partial charge in [0.2, 0.25) is 0 Å². The van der Waals surface area contributed by atoms with Crippen LogP contribution in [0.5, 0.6) is 0 Å². The molecule has 0 saturated heterocycles. The SMILES string of the molecule is C[N+](C)(C)[B-](F)C#N. The second-order valence-corrected chi connectivity index (χ2v) is 2.58. The molecular weight excluding hydrogens is 106 g/mol. The lowest BCUT2D eigenvalue weighted by molar-refractivity contribution is -0.765. The Morgan fingerprint density at radius 2 is 1.88 bits per heavy atom. The van der Waals surface area contributed by atoms with Gasteiger partial charge in [-0.15, -0.1) is 0 Å². The fourth-order valence-corrected chi connectivity index (χ4v) is 0.173. The standard InChI is InChI=1S/C4H9BFN2/c1-8(2,3)5(6)4-7/h1-3H3. The summed E-state index contributed by atoms with van der Waals surface area (Å²) in [5.41, 5.74) is 0. The minimum atomic E-state index is -1.41. The van der Waals surface area contributed by atoms with Gasteiger partial charge in [0.15, 0.2) is 0 Å². The molecule has 0 saturated carbocycles. The van der Waals surface area contributed by atoms with Crippen LogP contribution in [0.15, 0.2) is 0 Å². The third-order valence-corrected chi connectivity index (χ3v) is 0.787. The molecule has 0 aliphatic rings. The minimum Gasteiger partial charge on any atom is -0.503 e. The highest BCUT2D eigenvalue weighted by Crippen LogP contribution is 1.95. The number of rotatable bonds is 1. The van der Waals surface area contributed by atoms with E-state index in [4.69, 9.17) is 5.26 Å². The van der Waals surface area contributed by atoms with Gasteiger partial charge in [-0.2, -0.15) is 0 Å². The van der Waals surface area contributed by atoms with Crippen molar-refractivity contribution < 1.29 is 8.71 Å². The molecule has 0 aliphatic heterocycles. The molecule has 0 aromatic carbocycles. The Hall–Kier alpha value is -0.555. The highest BCUT2D eigenvalue weighted by atomic mass is 19.1. The second kappa shape index (κ2) is 2.14. The number of hydrogen-bond donors (Lipinski definition) is 0. The third-order valence-electron chi connectivity index (χ3n) is 0.787. The van der Waals surface area contributed by atoms with E-state index in [1.807, 2.05) is 0 Å². The molecule has 0 bridgehead atoms. The van der Waals surface area contributed by atoms with E-state index in [0.717, 1.165) is 0 Å². The maximum absolute atomic E-state index is 12.2. The lowest BCUT2D eigenvalue weighted by Gasteiger charge is -2.34. The van der Waals surface area contributed by atoms with Crippen molar-refractivity contribution in [1.29, 1.82) is 5.26 Å². The van der Waals surface area contributed by atoms with Gasteiger partial charge in [0, 0.05) is 21.1 Å². The molecule has 0 amide bonds. The molecule has 0 aromatic heterocycles. The van der Waals surface area contributed by atoms with Gasteiger partial charge >= 0.3 is 7.12 Å². The molecule has 2 nitrogen and oxygen atoms in total. The first kappa shape index (κ1) is 7.44. The van der Waals surface area contributed by atoms with Crippen LogP contribution in [0.25, 0.3) is 0 Å². The third kappa shape index (κ3) is 1.94. The second-order valence-electron chi connectivity index (χ2n) is 2.58. The molecule has 8 heavy (non-hydrogen) atoms. The van der Waals surface area contributed by atoms with Crippen molar-refractivity contribution >= 4 is 7.12 Å². The average Bonchev–Trinajstić information content (AvgIpc) is 1.62. The quantitative estimate of drug-likeness (QED) is 0.448. The summed E-state index contributed by atoms with van der Waals surface area (Å²) in [7, 11) is 3.49. The molecule has 0 rings (SSSR count). The lowest BCUT2D eigenvalue weighted by atomic mass is 9.86. The van der Waals surface area contributed by atoms with Gasteiger partial charge in [-0.25, -0.2) is 5.26 Å². The van der Waals surface area contributed by atoms with Crippen LogP contribution >= 0.6 is 0 Å². The summed E-state index contributed by atoms with van der Waals surface area (Å²) in [5.74, 6) is 1.51. The number of nitriles is 1. The molecule has 0 unspecified atom stereocenters. The summed E-state index contributed by atoms with van der Waals surface area (Å²) >= 11 is 0. The first-order valence-corrected chi connectivity index (χ1v) is 2.33. The van der Waals surface area contributed by atoms with Crippen LogP contribution < -0.4 is 0 Å². The van der Waals surface area contributed by atoms with Gasteiger partial charge in [0.25, 0.3) is 0 Å². The van der Waals surface area contributed by atoms with Crippen molar-refractivity contribution in [3.63, 3.8) is 0 Å². The zero-order valence-corrected chi connectivity index (χ0v) is 5.35. The maximum atomic E-state index is 12.2. The summed E-state index contributed by atoms with van der Waals surface area (Å²) in [6.07, 6.45) is 0. The van der Waals surface area contributed by atoms with Gasteiger partial charge < -0.3 is 8.71 Å². The molecule has 0 fully saturated rings. The van der Waals surface area contributed by atoms with Gasteiger partial charge in [-0.1, -0.05) is 5.97 Å². The van der Waals surface area contributed by atoms with Crippen LogP contribution in [0.2, 0.25) is 0 Å². The molecule has 0 aliphatic carbocycles. The monoisotopic (exact) mass is 115 g/mol. The average molecular weight is 115 g/mol. The van der Waals surface area contributed by atoms with E-state index in [-0.39, 0.29) is 4.39 Å². The Labute approximate surface area is 49.3 Å². The predicted molar refractivity (Wildman–Crippen MR) is 30.5 cm³/mol. The Kier molecular flexibility index (Phi) is 1.99. The van der Waals surface area contributed by atoms with E-state index in [1.165, 1.54) is 5.97 Å². The van der Waals surface area contributed by atoms with E-state index >= 15 is 0 Å². The molecular formula is C4H9BFN2. The highest BCUT2D eigenvalue weighted by molar-refractivity contribution is 6.51. The summed E-state index contributed by atoms with van der Waals surface area (Å²) in [6, 6.07) is 0. The van der Waals surface area contributed by atoms with Crippen LogP contribution in [-0.2, 0) is 0 Å². The number of quaternary nitrogens is 1. The number of nitrogens with zero attached hydrogens (tertiary/aromatic N) is 2. The summed E-state index contributed by atoms with van der Waals surface area (Å²) in [6.45, 7) is 0. The predicted octanol–water partition coefficient (Wildman–Crippen LogP) is 0.213. The van der Waals surface area contributed by atoms with Crippen molar-refractivity contribution in [3.8, 4) is 5.97 Å². The number of hydrogen-bond acceptors (Lipinski definition) is 1. The Morgan fingerprint density at radius 3 is 1.88 bits per heavy atom. The number of halogens is 1. The van der Waals surface area contributed by atoms with Crippen molar-refractivity contribution in [2.75, 3.05) is 21.1 Å². The molecule has 1 radical (unpaired) electrons. The van der Waals surface area contributed by atoms with Crippen molar-refractivity contribution in [3.05, 3.63) is 0 Å².